The van der Waals surface area contributed by atoms with E-state index in [0.717, 1.165) is 17.5 Å². The molecule has 2 aromatic rings. The molecule has 132 valence electrons. The molecule has 7 heteroatoms. The number of rotatable bonds is 6. The number of hydrogen-bond donors (Lipinski definition) is 2. The van der Waals surface area contributed by atoms with Crippen LogP contribution < -0.4 is 10.6 Å². The predicted molar refractivity (Wildman–Crippen MR) is 99.6 cm³/mol. The summed E-state index contributed by atoms with van der Waals surface area (Å²) >= 11 is 0. The number of nitro benzene ring substituents is 1. The van der Waals surface area contributed by atoms with Crippen LogP contribution in [-0.4, -0.2) is 10.8 Å². The van der Waals surface area contributed by atoms with E-state index in [0.29, 0.717) is 11.4 Å². The zero-order valence-electron chi connectivity index (χ0n) is 14.4. The molecule has 0 aliphatic heterocycles. The number of amides is 1. The van der Waals surface area contributed by atoms with Crippen molar-refractivity contribution >= 4 is 23.0 Å². The van der Waals surface area contributed by atoms with Crippen molar-refractivity contribution in [2.24, 2.45) is 0 Å². The Morgan fingerprint density at radius 2 is 2.04 bits per heavy atom. The summed E-state index contributed by atoms with van der Waals surface area (Å²) in [7, 11) is 0. The number of anilines is 2. The number of benzene rings is 2. The number of hydrogen-bond acceptors (Lipinski definition) is 5. The van der Waals surface area contributed by atoms with Crippen molar-refractivity contribution in [3.8, 4) is 6.07 Å². The lowest BCUT2D eigenvalue weighted by Gasteiger charge is -2.12. The van der Waals surface area contributed by atoms with E-state index in [1.54, 1.807) is 6.07 Å². The Hall–Kier alpha value is -3.66. The Balaban J connectivity index is 2.19. The molecule has 0 aromatic heterocycles. The summed E-state index contributed by atoms with van der Waals surface area (Å²) in [6, 6.07) is 13.3. The highest BCUT2D eigenvalue weighted by molar-refractivity contribution is 6.07. The summed E-state index contributed by atoms with van der Waals surface area (Å²) in [5.41, 5.74) is 2.76. The number of nitriles is 1. The molecule has 0 aliphatic carbocycles. The van der Waals surface area contributed by atoms with Gasteiger partial charge in [-0.05, 0) is 30.5 Å². The lowest BCUT2D eigenvalue weighted by atomic mass is 10.1. The summed E-state index contributed by atoms with van der Waals surface area (Å²) in [4.78, 5) is 22.7. The second-order valence-corrected chi connectivity index (χ2v) is 5.54. The summed E-state index contributed by atoms with van der Waals surface area (Å²) in [5.74, 6) is -0.547. The molecule has 0 spiro atoms. The number of nitrogens with one attached hydrogen (secondary N) is 2. The van der Waals surface area contributed by atoms with Crippen molar-refractivity contribution < 1.29 is 9.72 Å². The van der Waals surface area contributed by atoms with Gasteiger partial charge in [0, 0.05) is 29.7 Å². The average molecular weight is 350 g/mol. The number of nitro groups is 1. The second kappa shape index (κ2) is 8.44. The van der Waals surface area contributed by atoms with E-state index in [-0.39, 0.29) is 11.3 Å². The zero-order valence-corrected chi connectivity index (χ0v) is 14.4. The molecule has 0 heterocycles. The molecular weight excluding hydrogens is 332 g/mol. The Labute approximate surface area is 151 Å². The van der Waals surface area contributed by atoms with Gasteiger partial charge < -0.3 is 10.6 Å². The fourth-order valence-corrected chi connectivity index (χ4v) is 2.40. The smallest absolute Gasteiger partial charge is 0.271 e. The Morgan fingerprint density at radius 3 is 2.69 bits per heavy atom. The monoisotopic (exact) mass is 350 g/mol. The van der Waals surface area contributed by atoms with Gasteiger partial charge in [-0.25, -0.2) is 0 Å². The number of para-hydroxylation sites is 1. The molecule has 1 amide bonds. The quantitative estimate of drug-likeness (QED) is 0.355. The highest BCUT2D eigenvalue weighted by atomic mass is 16.6. The molecule has 0 saturated heterocycles. The molecule has 0 unspecified atom stereocenters. The lowest BCUT2D eigenvalue weighted by molar-refractivity contribution is -0.384. The van der Waals surface area contributed by atoms with Gasteiger partial charge in [0.25, 0.3) is 11.6 Å². The van der Waals surface area contributed by atoms with Gasteiger partial charge in [0.05, 0.1) is 4.92 Å². The molecule has 0 aliphatic rings. The summed E-state index contributed by atoms with van der Waals surface area (Å²) < 4.78 is 0. The number of non-ortho nitro benzene ring substituents is 1. The van der Waals surface area contributed by atoms with Crippen molar-refractivity contribution in [1.29, 1.82) is 5.26 Å². The van der Waals surface area contributed by atoms with Gasteiger partial charge in [0.15, 0.2) is 0 Å². The summed E-state index contributed by atoms with van der Waals surface area (Å²) in [6.45, 7) is 3.86. The molecule has 2 rings (SSSR count). The normalized spacial score (nSPS) is 10.7. The van der Waals surface area contributed by atoms with Gasteiger partial charge >= 0.3 is 0 Å². The van der Waals surface area contributed by atoms with Crippen LogP contribution in [0.1, 0.15) is 18.1 Å². The van der Waals surface area contributed by atoms with Crippen LogP contribution in [0.4, 0.5) is 17.1 Å². The lowest BCUT2D eigenvalue weighted by Crippen LogP contribution is -2.16. The van der Waals surface area contributed by atoms with Crippen molar-refractivity contribution in [2.45, 2.75) is 20.3 Å². The average Bonchev–Trinajstić information content (AvgIpc) is 2.64. The van der Waals surface area contributed by atoms with Crippen molar-refractivity contribution in [1.82, 2.24) is 0 Å². The minimum absolute atomic E-state index is 0.0844. The van der Waals surface area contributed by atoms with Gasteiger partial charge in [0.1, 0.15) is 11.6 Å². The minimum atomic E-state index is -0.547. The molecule has 2 aromatic carbocycles. The fourth-order valence-electron chi connectivity index (χ4n) is 2.40. The van der Waals surface area contributed by atoms with Crippen LogP contribution >= 0.6 is 0 Å². The van der Waals surface area contributed by atoms with Gasteiger partial charge in [0.2, 0.25) is 0 Å². The topological polar surface area (TPSA) is 108 Å². The molecule has 26 heavy (non-hydrogen) atoms. The van der Waals surface area contributed by atoms with Crippen molar-refractivity contribution in [3.05, 3.63) is 75.5 Å². The van der Waals surface area contributed by atoms with Gasteiger partial charge in [-0.1, -0.05) is 31.2 Å². The largest absolute Gasteiger partial charge is 0.360 e. The number of aryl methyl sites for hydroxylation is 2. The molecular formula is C19H18N4O3. The van der Waals surface area contributed by atoms with Crippen molar-refractivity contribution in [3.63, 3.8) is 0 Å². The van der Waals surface area contributed by atoms with Crippen LogP contribution in [-0.2, 0) is 11.2 Å². The molecule has 2 N–H and O–H groups in total. The van der Waals surface area contributed by atoms with Crippen LogP contribution in [0, 0.1) is 28.4 Å². The van der Waals surface area contributed by atoms with Gasteiger partial charge in [-0.3, -0.25) is 14.9 Å². The number of nitrogens with zero attached hydrogens (tertiary/aromatic N) is 2. The molecule has 0 saturated carbocycles. The maximum atomic E-state index is 12.4. The molecule has 7 nitrogen and oxygen atoms in total. The van der Waals surface area contributed by atoms with Gasteiger partial charge in [-0.15, -0.1) is 0 Å². The van der Waals surface area contributed by atoms with Crippen LogP contribution in [0.2, 0.25) is 0 Å². The molecule has 0 radical (unpaired) electrons. The summed E-state index contributed by atoms with van der Waals surface area (Å²) in [5, 5.41) is 25.6. The zero-order chi connectivity index (χ0) is 19.1. The maximum absolute atomic E-state index is 12.4. The Morgan fingerprint density at radius 1 is 1.31 bits per heavy atom. The van der Waals surface area contributed by atoms with Crippen LogP contribution in [0.15, 0.2) is 54.2 Å². The van der Waals surface area contributed by atoms with Crippen LogP contribution in [0.25, 0.3) is 0 Å². The van der Waals surface area contributed by atoms with Gasteiger partial charge in [-0.2, -0.15) is 5.26 Å². The Bertz CT molecular complexity index is 913. The first-order valence-corrected chi connectivity index (χ1v) is 7.97. The van der Waals surface area contributed by atoms with Crippen molar-refractivity contribution in [2.75, 3.05) is 10.6 Å². The second-order valence-electron chi connectivity index (χ2n) is 5.54. The first-order valence-electron chi connectivity index (χ1n) is 7.97. The van der Waals surface area contributed by atoms with E-state index in [9.17, 15) is 20.2 Å². The number of carbonyl (C=O) groups is 1. The third-order valence-corrected chi connectivity index (χ3v) is 3.78. The van der Waals surface area contributed by atoms with E-state index in [2.05, 4.69) is 10.6 Å². The highest BCUT2D eigenvalue weighted by Crippen LogP contribution is 2.22. The molecule has 0 atom stereocenters. The van der Waals surface area contributed by atoms with E-state index in [1.165, 1.54) is 24.4 Å². The molecule has 0 fully saturated rings. The third kappa shape index (κ3) is 4.45. The standard InChI is InChI=1S/C19H18N4O3/c1-3-14-7-4-6-13(2)18(14)22-19(24)15(11-20)12-21-16-8-5-9-17(10-16)23(25)26/h4-10,12,21H,3H2,1-2H3,(H,22,24)/b15-12-. The van der Waals surface area contributed by atoms with E-state index in [4.69, 9.17) is 0 Å². The first-order chi connectivity index (χ1) is 12.5. The SMILES string of the molecule is CCc1cccc(C)c1NC(=O)/C(C#N)=C\Nc1cccc([N+](=O)[O-])c1. The van der Waals surface area contributed by atoms with E-state index >= 15 is 0 Å². The van der Waals surface area contributed by atoms with E-state index in [1.807, 2.05) is 38.1 Å². The third-order valence-electron chi connectivity index (χ3n) is 3.78. The maximum Gasteiger partial charge on any atom is 0.271 e. The van der Waals surface area contributed by atoms with Crippen LogP contribution in [0.5, 0.6) is 0 Å². The van der Waals surface area contributed by atoms with Crippen LogP contribution in [0.3, 0.4) is 0 Å². The predicted octanol–water partition coefficient (Wildman–Crippen LogP) is 3.92. The number of carbonyl (C=O) groups excluding carboxylic acids is 1. The summed E-state index contributed by atoms with van der Waals surface area (Å²) in [6.07, 6.45) is 1.98. The minimum Gasteiger partial charge on any atom is -0.360 e. The first kappa shape index (κ1) is 18.7. The van der Waals surface area contributed by atoms with E-state index < -0.39 is 10.8 Å². The highest BCUT2D eigenvalue weighted by Gasteiger charge is 2.13. The Kier molecular flexibility index (Phi) is 6.06. The molecule has 0 bridgehead atoms. The fraction of sp³-hybridized carbons (Fsp3) is 0.158.